The number of hydrogen-bond donors (Lipinski definition) is 2. The normalized spacial score (nSPS) is 35.1. The van der Waals surface area contributed by atoms with Gasteiger partial charge in [-0.15, -0.1) is 0 Å². The number of halogens is 1. The molecule has 94 valence electrons. The van der Waals surface area contributed by atoms with Crippen LogP contribution in [0.5, 0.6) is 0 Å². The van der Waals surface area contributed by atoms with Crippen molar-refractivity contribution in [3.63, 3.8) is 0 Å². The van der Waals surface area contributed by atoms with E-state index in [0.29, 0.717) is 11.2 Å². The smallest absolute Gasteiger partial charge is 0.0873 e. The van der Waals surface area contributed by atoms with Gasteiger partial charge in [-0.3, -0.25) is 0 Å². The summed E-state index contributed by atoms with van der Waals surface area (Å²) in [4.78, 5) is 0.304. The molecule has 0 saturated carbocycles. The first-order valence-electron chi connectivity index (χ1n) is 5.92. The molecule has 16 heavy (non-hydrogen) atoms. The van der Waals surface area contributed by atoms with E-state index in [-0.39, 0.29) is 18.8 Å². The summed E-state index contributed by atoms with van der Waals surface area (Å²) in [6, 6.07) is 0. The van der Waals surface area contributed by atoms with Crippen molar-refractivity contribution < 1.29 is 14.9 Å². The van der Waals surface area contributed by atoms with Crippen LogP contribution in [0.1, 0.15) is 32.6 Å². The van der Waals surface area contributed by atoms with E-state index in [1.165, 1.54) is 0 Å². The third-order valence-electron chi connectivity index (χ3n) is 2.91. The molecule has 1 aliphatic heterocycles. The molecule has 0 spiro atoms. The lowest BCUT2D eigenvalue weighted by Gasteiger charge is -2.30. The van der Waals surface area contributed by atoms with Crippen LogP contribution in [0.15, 0.2) is 12.2 Å². The van der Waals surface area contributed by atoms with Crippen LogP contribution in [-0.4, -0.2) is 40.0 Å². The maximum atomic E-state index is 9.86. The first-order chi connectivity index (χ1) is 7.69. The second kappa shape index (κ2) is 7.43. The van der Waals surface area contributed by atoms with Gasteiger partial charge >= 0.3 is 0 Å². The van der Waals surface area contributed by atoms with E-state index in [9.17, 15) is 5.11 Å². The van der Waals surface area contributed by atoms with Crippen molar-refractivity contribution in [1.82, 2.24) is 0 Å². The van der Waals surface area contributed by atoms with Crippen LogP contribution in [0.25, 0.3) is 0 Å². The molecule has 4 heteroatoms. The molecule has 0 unspecified atom stereocenters. The fourth-order valence-electron chi connectivity index (χ4n) is 1.89. The van der Waals surface area contributed by atoms with Crippen molar-refractivity contribution in [3.8, 4) is 0 Å². The number of rotatable bonds is 4. The third-order valence-corrected chi connectivity index (χ3v) is 3.87. The zero-order valence-corrected chi connectivity index (χ0v) is 11.3. The topological polar surface area (TPSA) is 49.7 Å². The van der Waals surface area contributed by atoms with E-state index in [4.69, 9.17) is 9.84 Å². The van der Waals surface area contributed by atoms with Crippen molar-refractivity contribution in [2.45, 2.75) is 55.7 Å². The van der Waals surface area contributed by atoms with Crippen molar-refractivity contribution in [3.05, 3.63) is 12.2 Å². The van der Waals surface area contributed by atoms with Crippen molar-refractivity contribution in [1.29, 1.82) is 0 Å². The lowest BCUT2D eigenvalue weighted by molar-refractivity contribution is -0.0821. The monoisotopic (exact) mass is 292 g/mol. The summed E-state index contributed by atoms with van der Waals surface area (Å²) in [6.07, 6.45) is 6.50. The van der Waals surface area contributed by atoms with Crippen LogP contribution in [-0.2, 0) is 4.74 Å². The summed E-state index contributed by atoms with van der Waals surface area (Å²) >= 11 is 3.61. The van der Waals surface area contributed by atoms with E-state index in [1.807, 2.05) is 6.08 Å². The molecule has 1 aliphatic rings. The van der Waals surface area contributed by atoms with Crippen molar-refractivity contribution in [2.24, 2.45) is 0 Å². The van der Waals surface area contributed by atoms with Gasteiger partial charge in [0.25, 0.3) is 0 Å². The highest BCUT2D eigenvalue weighted by molar-refractivity contribution is 9.09. The van der Waals surface area contributed by atoms with Gasteiger partial charge in [-0.05, 0) is 25.7 Å². The van der Waals surface area contributed by atoms with Gasteiger partial charge in [0.1, 0.15) is 0 Å². The molecule has 1 rings (SSSR count). The molecule has 0 fully saturated rings. The minimum Gasteiger partial charge on any atom is -0.396 e. The Hall–Kier alpha value is 0.100. The average molecular weight is 293 g/mol. The molecule has 1 heterocycles. The van der Waals surface area contributed by atoms with E-state index in [2.05, 4.69) is 28.9 Å². The molecular weight excluding hydrogens is 272 g/mol. The first-order valence-corrected chi connectivity index (χ1v) is 6.84. The molecule has 0 aromatic heterocycles. The summed E-state index contributed by atoms with van der Waals surface area (Å²) < 4.78 is 5.91. The molecular formula is C12H21BrO3. The highest BCUT2D eigenvalue weighted by Crippen LogP contribution is 2.24. The van der Waals surface area contributed by atoms with Gasteiger partial charge in [0.15, 0.2) is 0 Å². The number of aliphatic hydroxyl groups is 2. The predicted octanol–water partition coefficient (Wildman–Crippen LogP) is 2.01. The van der Waals surface area contributed by atoms with Gasteiger partial charge < -0.3 is 14.9 Å². The standard InChI is InChI=1S/C12H21BrO3/c1-2-11-9(13)5-3-4-6-12(16-11)10(15)7-8-14/h3-4,9-12,14-15H,2,5-8H2,1H3/b4-3-/t9-,10+,11+,12+/m0/s1. The summed E-state index contributed by atoms with van der Waals surface area (Å²) in [6.45, 7) is 2.08. The molecule has 0 amide bonds. The molecule has 0 aromatic rings. The van der Waals surface area contributed by atoms with Crippen LogP contribution < -0.4 is 0 Å². The molecule has 0 aromatic carbocycles. The van der Waals surface area contributed by atoms with Crippen molar-refractivity contribution >= 4 is 15.9 Å². The van der Waals surface area contributed by atoms with E-state index < -0.39 is 6.10 Å². The molecule has 0 radical (unpaired) electrons. The van der Waals surface area contributed by atoms with Crippen LogP contribution >= 0.6 is 15.9 Å². The van der Waals surface area contributed by atoms with Crippen LogP contribution in [0.3, 0.4) is 0 Å². The molecule has 3 nitrogen and oxygen atoms in total. The molecule has 4 atom stereocenters. The Morgan fingerprint density at radius 1 is 1.44 bits per heavy atom. The maximum absolute atomic E-state index is 9.86. The van der Waals surface area contributed by atoms with Crippen molar-refractivity contribution in [2.75, 3.05) is 6.61 Å². The SMILES string of the molecule is CC[C@H]1O[C@@H]([C@H](O)CCO)C/C=C\C[C@@H]1Br. The minimum absolute atomic E-state index is 0.000721. The maximum Gasteiger partial charge on any atom is 0.0873 e. The number of ether oxygens (including phenoxy) is 1. The Bertz CT molecular complexity index is 220. The van der Waals surface area contributed by atoms with Gasteiger partial charge in [-0.1, -0.05) is 35.0 Å². The van der Waals surface area contributed by atoms with Gasteiger partial charge in [0.2, 0.25) is 0 Å². The quantitative estimate of drug-likeness (QED) is 0.616. The molecule has 0 bridgehead atoms. The minimum atomic E-state index is -0.582. The zero-order chi connectivity index (χ0) is 12.0. The average Bonchev–Trinajstić information content (AvgIpc) is 2.25. The lowest BCUT2D eigenvalue weighted by Crippen LogP contribution is -2.37. The third kappa shape index (κ3) is 4.17. The summed E-state index contributed by atoms with van der Waals surface area (Å²) in [5.41, 5.74) is 0. The second-order valence-electron chi connectivity index (χ2n) is 4.16. The Balaban J connectivity index is 2.62. The summed E-state index contributed by atoms with van der Waals surface area (Å²) in [7, 11) is 0. The van der Waals surface area contributed by atoms with Gasteiger partial charge in [-0.2, -0.15) is 0 Å². The summed E-state index contributed by atoms with van der Waals surface area (Å²) in [5, 5.41) is 18.7. The van der Waals surface area contributed by atoms with Gasteiger partial charge in [-0.25, -0.2) is 0 Å². The number of alkyl halides is 1. The lowest BCUT2D eigenvalue weighted by atomic mass is 10.0. The highest BCUT2D eigenvalue weighted by atomic mass is 79.9. The van der Waals surface area contributed by atoms with Crippen LogP contribution in [0.2, 0.25) is 0 Å². The highest BCUT2D eigenvalue weighted by Gasteiger charge is 2.26. The van der Waals surface area contributed by atoms with Crippen LogP contribution in [0, 0.1) is 0 Å². The summed E-state index contributed by atoms with van der Waals surface area (Å²) in [5.74, 6) is 0. The Morgan fingerprint density at radius 2 is 2.12 bits per heavy atom. The van der Waals surface area contributed by atoms with E-state index in [1.54, 1.807) is 0 Å². The number of allylic oxidation sites excluding steroid dienone is 1. The Kier molecular flexibility index (Phi) is 6.58. The number of aliphatic hydroxyl groups excluding tert-OH is 2. The zero-order valence-electron chi connectivity index (χ0n) is 9.68. The largest absolute Gasteiger partial charge is 0.396 e. The Morgan fingerprint density at radius 3 is 2.75 bits per heavy atom. The molecule has 0 saturated heterocycles. The van der Waals surface area contributed by atoms with E-state index in [0.717, 1.165) is 19.3 Å². The second-order valence-corrected chi connectivity index (χ2v) is 5.34. The fourth-order valence-corrected chi connectivity index (χ4v) is 2.61. The predicted molar refractivity (Wildman–Crippen MR) is 67.8 cm³/mol. The van der Waals surface area contributed by atoms with Gasteiger partial charge in [0.05, 0.1) is 18.3 Å². The molecule has 2 N–H and O–H groups in total. The fraction of sp³-hybridized carbons (Fsp3) is 0.833. The first kappa shape index (κ1) is 14.2. The molecule has 0 aliphatic carbocycles. The number of hydrogen-bond acceptors (Lipinski definition) is 3. The Labute approximate surface area is 106 Å². The van der Waals surface area contributed by atoms with E-state index >= 15 is 0 Å². The van der Waals surface area contributed by atoms with Gasteiger partial charge in [0, 0.05) is 11.4 Å². The van der Waals surface area contributed by atoms with Crippen LogP contribution in [0.4, 0.5) is 0 Å².